The second kappa shape index (κ2) is 8.34. The second-order valence-electron chi connectivity index (χ2n) is 5.89. The molecule has 0 aliphatic rings. The lowest BCUT2D eigenvalue weighted by Crippen LogP contribution is -2.44. The van der Waals surface area contributed by atoms with Crippen LogP contribution in [0.1, 0.15) is 25.0 Å². The molecule has 4 heteroatoms. The molecule has 0 aliphatic heterocycles. The average molecular weight is 312 g/mol. The lowest BCUT2D eigenvalue weighted by molar-refractivity contribution is -0.122. The Hall–Kier alpha value is -2.33. The molecule has 1 atom stereocenters. The van der Waals surface area contributed by atoms with Gasteiger partial charge < -0.3 is 15.8 Å². The first-order valence-electron chi connectivity index (χ1n) is 7.86. The van der Waals surface area contributed by atoms with Crippen LogP contribution < -0.4 is 15.8 Å². The van der Waals surface area contributed by atoms with Crippen LogP contribution in [0.25, 0.3) is 0 Å². The van der Waals surface area contributed by atoms with Crippen LogP contribution in [0.3, 0.4) is 0 Å². The van der Waals surface area contributed by atoms with Gasteiger partial charge in [0.15, 0.2) is 0 Å². The van der Waals surface area contributed by atoms with Gasteiger partial charge in [-0.15, -0.1) is 0 Å². The first kappa shape index (κ1) is 17.0. The Bertz CT molecular complexity index is 609. The molecule has 122 valence electrons. The van der Waals surface area contributed by atoms with Gasteiger partial charge in [0.2, 0.25) is 5.91 Å². The molecule has 4 nitrogen and oxygen atoms in total. The first-order valence-corrected chi connectivity index (χ1v) is 7.86. The van der Waals surface area contributed by atoms with E-state index in [1.165, 1.54) is 0 Å². The van der Waals surface area contributed by atoms with E-state index in [0.29, 0.717) is 13.0 Å². The summed E-state index contributed by atoms with van der Waals surface area (Å²) < 4.78 is 5.74. The van der Waals surface area contributed by atoms with E-state index in [1.54, 1.807) is 0 Å². The predicted octanol–water partition coefficient (Wildman–Crippen LogP) is 2.66. The van der Waals surface area contributed by atoms with Crippen molar-refractivity contribution in [1.82, 2.24) is 5.32 Å². The van der Waals surface area contributed by atoms with Gasteiger partial charge in [-0.2, -0.15) is 0 Å². The average Bonchev–Trinajstić information content (AvgIpc) is 2.54. The van der Waals surface area contributed by atoms with Gasteiger partial charge >= 0.3 is 0 Å². The molecule has 0 saturated heterocycles. The summed E-state index contributed by atoms with van der Waals surface area (Å²) in [5.41, 5.74) is 8.07. The number of rotatable bonds is 7. The molecule has 0 radical (unpaired) electrons. The minimum atomic E-state index is -0.534. The molecule has 0 saturated carbocycles. The maximum Gasteiger partial charge on any atom is 0.237 e. The molecule has 2 aromatic carbocycles. The summed E-state index contributed by atoms with van der Waals surface area (Å²) in [5.74, 6) is 0.683. The van der Waals surface area contributed by atoms with Gasteiger partial charge in [0.05, 0.1) is 6.04 Å². The third-order valence-corrected chi connectivity index (χ3v) is 3.39. The van der Waals surface area contributed by atoms with Crippen LogP contribution in [-0.2, 0) is 17.8 Å². The van der Waals surface area contributed by atoms with Crippen LogP contribution in [0, 0.1) is 0 Å². The standard InChI is InChI=1S/C19H24N2O2/c1-14(2)21-19(22)18(20)12-15-8-10-17(11-9-15)23-13-16-6-4-3-5-7-16/h3-11,14,18H,12-13,20H2,1-2H3,(H,21,22). The molecular formula is C19H24N2O2. The number of carbonyl (C=O) groups excluding carboxylic acids is 1. The van der Waals surface area contributed by atoms with Crippen LogP contribution in [-0.4, -0.2) is 18.0 Å². The zero-order valence-electron chi connectivity index (χ0n) is 13.7. The highest BCUT2D eigenvalue weighted by Crippen LogP contribution is 2.15. The number of amides is 1. The number of benzene rings is 2. The van der Waals surface area contributed by atoms with Crippen molar-refractivity contribution >= 4 is 5.91 Å². The number of nitrogens with two attached hydrogens (primary N) is 1. The minimum Gasteiger partial charge on any atom is -0.489 e. The summed E-state index contributed by atoms with van der Waals surface area (Å²) >= 11 is 0. The molecule has 23 heavy (non-hydrogen) atoms. The van der Waals surface area contributed by atoms with E-state index in [9.17, 15) is 4.79 Å². The summed E-state index contributed by atoms with van der Waals surface area (Å²) in [6.07, 6.45) is 0.511. The Kier molecular flexibility index (Phi) is 6.18. The Morgan fingerprint density at radius 2 is 1.70 bits per heavy atom. The van der Waals surface area contributed by atoms with E-state index in [-0.39, 0.29) is 11.9 Å². The van der Waals surface area contributed by atoms with E-state index in [1.807, 2.05) is 68.4 Å². The summed E-state index contributed by atoms with van der Waals surface area (Å²) in [5, 5.41) is 2.82. The maximum atomic E-state index is 11.8. The normalized spacial score (nSPS) is 12.0. The molecule has 2 aromatic rings. The van der Waals surface area contributed by atoms with Crippen molar-refractivity contribution in [1.29, 1.82) is 0 Å². The molecule has 0 bridgehead atoms. The minimum absolute atomic E-state index is 0.0994. The summed E-state index contributed by atoms with van der Waals surface area (Å²) in [7, 11) is 0. The predicted molar refractivity (Wildman–Crippen MR) is 92.2 cm³/mol. The summed E-state index contributed by atoms with van der Waals surface area (Å²) in [6.45, 7) is 4.38. The molecule has 1 unspecified atom stereocenters. The topological polar surface area (TPSA) is 64.4 Å². The van der Waals surface area contributed by atoms with E-state index in [2.05, 4.69) is 5.32 Å². The fourth-order valence-corrected chi connectivity index (χ4v) is 2.20. The monoisotopic (exact) mass is 312 g/mol. The zero-order chi connectivity index (χ0) is 16.7. The zero-order valence-corrected chi connectivity index (χ0v) is 13.7. The molecule has 0 heterocycles. The van der Waals surface area contributed by atoms with Crippen LogP contribution in [0.15, 0.2) is 54.6 Å². The van der Waals surface area contributed by atoms with E-state index < -0.39 is 6.04 Å². The third kappa shape index (κ3) is 5.75. The third-order valence-electron chi connectivity index (χ3n) is 3.39. The van der Waals surface area contributed by atoms with Gasteiger partial charge in [-0.1, -0.05) is 42.5 Å². The highest BCUT2D eigenvalue weighted by Gasteiger charge is 2.14. The van der Waals surface area contributed by atoms with Gasteiger partial charge in [0.1, 0.15) is 12.4 Å². The van der Waals surface area contributed by atoms with E-state index in [4.69, 9.17) is 10.5 Å². The maximum absolute atomic E-state index is 11.8. The van der Waals surface area contributed by atoms with Crippen LogP contribution in [0.5, 0.6) is 5.75 Å². The van der Waals surface area contributed by atoms with Crippen molar-refractivity contribution in [2.24, 2.45) is 5.73 Å². The number of ether oxygens (including phenoxy) is 1. The second-order valence-corrected chi connectivity index (χ2v) is 5.89. The van der Waals surface area contributed by atoms with Crippen LogP contribution in [0.4, 0.5) is 0 Å². The quantitative estimate of drug-likeness (QED) is 0.826. The van der Waals surface area contributed by atoms with Crippen molar-refractivity contribution < 1.29 is 9.53 Å². The molecular weight excluding hydrogens is 288 g/mol. The van der Waals surface area contributed by atoms with Crippen molar-refractivity contribution in [3.63, 3.8) is 0 Å². The smallest absolute Gasteiger partial charge is 0.237 e. The fraction of sp³-hybridized carbons (Fsp3) is 0.316. The van der Waals surface area contributed by atoms with E-state index in [0.717, 1.165) is 16.9 Å². The Morgan fingerprint density at radius 1 is 1.04 bits per heavy atom. The molecule has 1 amide bonds. The van der Waals surface area contributed by atoms with Crippen molar-refractivity contribution in [2.45, 2.75) is 39.0 Å². The number of carbonyl (C=O) groups is 1. The van der Waals surface area contributed by atoms with Crippen molar-refractivity contribution in [3.05, 3.63) is 65.7 Å². The lowest BCUT2D eigenvalue weighted by Gasteiger charge is -2.15. The molecule has 3 N–H and O–H groups in total. The molecule has 0 aliphatic carbocycles. The SMILES string of the molecule is CC(C)NC(=O)C(N)Cc1ccc(OCc2ccccc2)cc1. The van der Waals surface area contributed by atoms with E-state index >= 15 is 0 Å². The van der Waals surface area contributed by atoms with Gasteiger partial charge in [-0.05, 0) is 43.5 Å². The van der Waals surface area contributed by atoms with Crippen molar-refractivity contribution in [2.75, 3.05) is 0 Å². The number of nitrogens with one attached hydrogen (secondary N) is 1. The lowest BCUT2D eigenvalue weighted by atomic mass is 10.1. The summed E-state index contributed by atoms with van der Waals surface area (Å²) in [6, 6.07) is 17.3. The Labute approximate surface area is 137 Å². The largest absolute Gasteiger partial charge is 0.489 e. The Balaban J connectivity index is 1.85. The van der Waals surface area contributed by atoms with Gasteiger partial charge in [-0.25, -0.2) is 0 Å². The van der Waals surface area contributed by atoms with Gasteiger partial charge in [-0.3, -0.25) is 4.79 Å². The highest BCUT2D eigenvalue weighted by atomic mass is 16.5. The van der Waals surface area contributed by atoms with Crippen LogP contribution >= 0.6 is 0 Å². The molecule has 0 fully saturated rings. The van der Waals surface area contributed by atoms with Crippen LogP contribution in [0.2, 0.25) is 0 Å². The first-order chi connectivity index (χ1) is 11.0. The van der Waals surface area contributed by atoms with Gasteiger partial charge in [0.25, 0.3) is 0 Å². The molecule has 2 rings (SSSR count). The Morgan fingerprint density at radius 3 is 2.30 bits per heavy atom. The molecule has 0 spiro atoms. The number of hydrogen-bond donors (Lipinski definition) is 2. The van der Waals surface area contributed by atoms with Crippen molar-refractivity contribution in [3.8, 4) is 5.75 Å². The summed E-state index contributed by atoms with van der Waals surface area (Å²) in [4.78, 5) is 11.8. The van der Waals surface area contributed by atoms with Gasteiger partial charge in [0, 0.05) is 6.04 Å². The number of hydrogen-bond acceptors (Lipinski definition) is 3. The molecule has 0 aromatic heterocycles. The highest BCUT2D eigenvalue weighted by molar-refractivity contribution is 5.82. The fourth-order valence-electron chi connectivity index (χ4n) is 2.20.